The number of amides is 2. The molecule has 1 aromatic heterocycles. The first-order valence-electron chi connectivity index (χ1n) is 16.8. The minimum Gasteiger partial charge on any atom is -0.478 e. The Kier molecular flexibility index (Phi) is 8.24. The van der Waals surface area contributed by atoms with E-state index in [4.69, 9.17) is 5.11 Å². The largest absolute Gasteiger partial charge is 0.478 e. The summed E-state index contributed by atoms with van der Waals surface area (Å²) in [4.78, 5) is 38.5. The molecular formula is C39H41N3O4. The summed E-state index contributed by atoms with van der Waals surface area (Å²) in [6.45, 7) is 0.912. The molecule has 2 amide bonds. The maximum atomic E-state index is 14.0. The summed E-state index contributed by atoms with van der Waals surface area (Å²) in [5.74, 6) is -0.943. The fraction of sp³-hybridized carbons (Fsp3) is 0.359. The van der Waals surface area contributed by atoms with E-state index in [0.717, 1.165) is 49.4 Å². The quantitative estimate of drug-likeness (QED) is 0.183. The number of carbonyl (C=O) groups is 3. The second-order valence-electron chi connectivity index (χ2n) is 13.2. The molecule has 7 heteroatoms. The zero-order valence-electron chi connectivity index (χ0n) is 26.2. The molecule has 1 aliphatic heterocycles. The molecule has 3 aromatic carbocycles. The molecule has 2 fully saturated rings. The van der Waals surface area contributed by atoms with E-state index in [2.05, 4.69) is 51.6 Å². The second-order valence-corrected chi connectivity index (χ2v) is 13.2. The Morgan fingerprint density at radius 1 is 0.870 bits per heavy atom. The Morgan fingerprint density at radius 2 is 1.63 bits per heavy atom. The third-order valence-electron chi connectivity index (χ3n) is 10.3. The topological polar surface area (TPSA) is 100 Å². The second kappa shape index (κ2) is 12.6. The van der Waals surface area contributed by atoms with Gasteiger partial charge in [0, 0.05) is 40.3 Å². The molecular weight excluding hydrogens is 574 g/mol. The van der Waals surface area contributed by atoms with Gasteiger partial charge in [0.25, 0.3) is 5.91 Å². The van der Waals surface area contributed by atoms with Gasteiger partial charge in [-0.2, -0.15) is 0 Å². The fourth-order valence-corrected chi connectivity index (χ4v) is 8.01. The highest BCUT2D eigenvalue weighted by Crippen LogP contribution is 2.46. The number of carboxylic acids is 1. The molecule has 2 aliphatic carbocycles. The van der Waals surface area contributed by atoms with E-state index in [-0.39, 0.29) is 11.8 Å². The van der Waals surface area contributed by atoms with E-state index >= 15 is 0 Å². The van der Waals surface area contributed by atoms with Crippen molar-refractivity contribution in [1.29, 1.82) is 0 Å². The van der Waals surface area contributed by atoms with Crippen molar-refractivity contribution in [2.75, 3.05) is 5.32 Å². The highest BCUT2D eigenvalue weighted by atomic mass is 16.4. The van der Waals surface area contributed by atoms with Crippen molar-refractivity contribution in [3.05, 3.63) is 95.1 Å². The third-order valence-corrected chi connectivity index (χ3v) is 10.3. The summed E-state index contributed by atoms with van der Waals surface area (Å²) in [5.41, 5.74) is 7.54. The Morgan fingerprint density at radius 3 is 2.39 bits per heavy atom. The molecule has 2 saturated carbocycles. The van der Waals surface area contributed by atoms with Crippen LogP contribution in [0.1, 0.15) is 97.2 Å². The van der Waals surface area contributed by atoms with Gasteiger partial charge >= 0.3 is 5.97 Å². The number of anilines is 1. The van der Waals surface area contributed by atoms with Crippen molar-refractivity contribution in [1.82, 2.24) is 9.88 Å². The number of carbonyl (C=O) groups excluding carboxylic acids is 2. The predicted molar refractivity (Wildman–Crippen MR) is 182 cm³/mol. The van der Waals surface area contributed by atoms with Gasteiger partial charge in [-0.25, -0.2) is 4.79 Å². The summed E-state index contributed by atoms with van der Waals surface area (Å²) in [7, 11) is 0. The number of aliphatic carboxylic acids is 1. The average Bonchev–Trinajstić information content (AvgIpc) is 3.62. The summed E-state index contributed by atoms with van der Waals surface area (Å²) in [6, 6.07) is 22.0. The first-order chi connectivity index (χ1) is 22.4. The van der Waals surface area contributed by atoms with Crippen molar-refractivity contribution in [2.24, 2.45) is 0 Å². The van der Waals surface area contributed by atoms with Crippen LogP contribution in [0.3, 0.4) is 0 Å². The van der Waals surface area contributed by atoms with Crippen molar-refractivity contribution >= 4 is 40.4 Å². The van der Waals surface area contributed by atoms with E-state index in [0.29, 0.717) is 30.0 Å². The van der Waals surface area contributed by atoms with E-state index in [1.54, 1.807) is 24.3 Å². The first-order valence-corrected chi connectivity index (χ1v) is 16.8. The highest BCUT2D eigenvalue weighted by Gasteiger charge is 2.43. The zero-order valence-corrected chi connectivity index (χ0v) is 26.2. The Bertz CT molecular complexity index is 1820. The van der Waals surface area contributed by atoms with Crippen LogP contribution in [0.4, 0.5) is 5.69 Å². The molecule has 0 spiro atoms. The van der Waals surface area contributed by atoms with Gasteiger partial charge in [0.1, 0.15) is 5.54 Å². The van der Waals surface area contributed by atoms with Crippen LogP contribution in [0.5, 0.6) is 0 Å². The minimum atomic E-state index is -1.02. The predicted octanol–water partition coefficient (Wildman–Crippen LogP) is 8.08. The molecule has 3 aliphatic rings. The van der Waals surface area contributed by atoms with E-state index in [1.807, 2.05) is 6.07 Å². The highest BCUT2D eigenvalue weighted by molar-refractivity contribution is 6.06. The van der Waals surface area contributed by atoms with E-state index < -0.39 is 11.5 Å². The molecule has 7 rings (SSSR count). The molecule has 0 unspecified atom stereocenters. The number of carboxylic acid groups (broad SMARTS) is 1. The maximum absolute atomic E-state index is 14.0. The Labute approximate surface area is 269 Å². The van der Waals surface area contributed by atoms with Crippen molar-refractivity contribution < 1.29 is 19.5 Å². The number of fused-ring (bicyclic) bond motifs is 5. The lowest BCUT2D eigenvalue weighted by Gasteiger charge is -2.29. The van der Waals surface area contributed by atoms with Crippen LogP contribution >= 0.6 is 0 Å². The normalized spacial score (nSPS) is 17.7. The molecule has 236 valence electrons. The van der Waals surface area contributed by atoms with Gasteiger partial charge in [-0.1, -0.05) is 74.6 Å². The number of aromatic nitrogens is 1. The Balaban J connectivity index is 1.19. The molecule has 0 atom stereocenters. The van der Waals surface area contributed by atoms with Crippen LogP contribution in [0.15, 0.2) is 72.8 Å². The maximum Gasteiger partial charge on any atom is 0.328 e. The van der Waals surface area contributed by atoms with Gasteiger partial charge in [0.15, 0.2) is 0 Å². The SMILES string of the molecule is O=C(O)/C=C/c1ccc(NC(=O)C2(NC(=O)c3ccc4c(C5CCCCC5)c5n(c4c3)CCCc3ccccc3-5)CCCC2)cc1. The lowest BCUT2D eigenvalue weighted by Crippen LogP contribution is -2.55. The molecule has 3 N–H and O–H groups in total. The van der Waals surface area contributed by atoms with Crippen LogP contribution < -0.4 is 10.6 Å². The average molecular weight is 616 g/mol. The number of hydrogen-bond donors (Lipinski definition) is 3. The lowest BCUT2D eigenvalue weighted by molar-refractivity contribution is -0.131. The van der Waals surface area contributed by atoms with E-state index in [1.165, 1.54) is 66.0 Å². The zero-order chi connectivity index (χ0) is 31.7. The smallest absolute Gasteiger partial charge is 0.328 e. The number of aryl methyl sites for hydroxylation is 2. The van der Waals surface area contributed by atoms with Crippen LogP contribution in [0.2, 0.25) is 0 Å². The summed E-state index contributed by atoms with van der Waals surface area (Å²) in [5, 5.41) is 16.3. The van der Waals surface area contributed by atoms with E-state index in [9.17, 15) is 14.4 Å². The van der Waals surface area contributed by atoms with Crippen LogP contribution in [0.25, 0.3) is 28.2 Å². The summed E-state index contributed by atoms with van der Waals surface area (Å²) < 4.78 is 2.47. The molecule has 46 heavy (non-hydrogen) atoms. The van der Waals surface area contributed by atoms with Gasteiger partial charge in [-0.15, -0.1) is 0 Å². The van der Waals surface area contributed by atoms with Gasteiger partial charge < -0.3 is 20.3 Å². The number of benzene rings is 3. The van der Waals surface area contributed by atoms with Gasteiger partial charge in [0.05, 0.1) is 5.69 Å². The van der Waals surface area contributed by atoms with Crippen molar-refractivity contribution in [3.63, 3.8) is 0 Å². The number of nitrogens with zero attached hydrogens (tertiary/aromatic N) is 1. The standard InChI is InChI=1S/C39H41N3O4/c43-34(44)21-16-26-14-18-30(19-15-26)40-38(46)39(22-6-7-23-39)41-37(45)29-17-20-32-33(25-29)42-24-8-12-27-9-4-5-13-31(27)36(42)35(32)28-10-2-1-3-11-28/h4-5,9,13-21,25,28H,1-3,6-8,10-12,22-24H2,(H,40,46)(H,41,45)(H,43,44)/b21-16+. The first kappa shape index (κ1) is 30.0. The summed E-state index contributed by atoms with van der Waals surface area (Å²) >= 11 is 0. The van der Waals surface area contributed by atoms with Crippen LogP contribution in [-0.2, 0) is 22.6 Å². The van der Waals surface area contributed by atoms with Gasteiger partial charge in [0.2, 0.25) is 5.91 Å². The molecule has 2 heterocycles. The van der Waals surface area contributed by atoms with Gasteiger partial charge in [-0.3, -0.25) is 9.59 Å². The molecule has 0 bridgehead atoms. The van der Waals surface area contributed by atoms with Crippen molar-refractivity contribution in [3.8, 4) is 11.3 Å². The molecule has 0 saturated heterocycles. The Hall–Kier alpha value is -4.65. The van der Waals surface area contributed by atoms with Crippen molar-refractivity contribution in [2.45, 2.75) is 88.6 Å². The number of rotatable bonds is 7. The monoisotopic (exact) mass is 615 g/mol. The summed E-state index contributed by atoms with van der Waals surface area (Å²) in [6.07, 6.45) is 13.8. The number of hydrogen-bond acceptors (Lipinski definition) is 3. The molecule has 0 radical (unpaired) electrons. The number of nitrogens with one attached hydrogen (secondary N) is 2. The van der Waals surface area contributed by atoms with Gasteiger partial charge in [-0.05, 0) is 91.5 Å². The van der Waals surface area contributed by atoms with Crippen LogP contribution in [-0.4, -0.2) is 33.0 Å². The lowest BCUT2D eigenvalue weighted by atomic mass is 9.81. The molecule has 7 nitrogen and oxygen atoms in total. The molecule has 4 aromatic rings. The fourth-order valence-electron chi connectivity index (χ4n) is 8.01. The third kappa shape index (κ3) is 5.75. The van der Waals surface area contributed by atoms with Crippen LogP contribution in [0, 0.1) is 0 Å². The minimum absolute atomic E-state index is 0.221.